The number of amides is 2. The number of carbonyl (C=O) groups excluding carboxylic acids is 10. The fourth-order valence-electron chi connectivity index (χ4n) is 4.51. The third-order valence-electron chi connectivity index (χ3n) is 7.23. The van der Waals surface area contributed by atoms with Crippen LogP contribution in [0.25, 0.3) is 0 Å². The second-order valence-corrected chi connectivity index (χ2v) is 10.9. The smallest absolute Gasteiger partial charge is 0.249 e. The van der Waals surface area contributed by atoms with Crippen molar-refractivity contribution in [2.45, 2.75) is 109 Å². The highest BCUT2D eigenvalue weighted by molar-refractivity contribution is 6.01. The Kier molecular flexibility index (Phi) is 18.2. The van der Waals surface area contributed by atoms with E-state index >= 15 is 0 Å². The number of ketones is 7. The van der Waals surface area contributed by atoms with E-state index in [2.05, 4.69) is 0 Å². The molecule has 244 valence electrons. The van der Waals surface area contributed by atoms with Crippen molar-refractivity contribution >= 4 is 58.6 Å². The summed E-state index contributed by atoms with van der Waals surface area (Å²) in [4.78, 5) is 118. The summed E-state index contributed by atoms with van der Waals surface area (Å²) < 4.78 is 0. The van der Waals surface area contributed by atoms with Crippen LogP contribution in [-0.4, -0.2) is 58.6 Å². The van der Waals surface area contributed by atoms with E-state index in [1.807, 2.05) is 0 Å². The summed E-state index contributed by atoms with van der Waals surface area (Å²) in [7, 11) is 0. The number of nitrogens with two attached hydrogens (primary N) is 2. The Morgan fingerprint density at radius 3 is 1.04 bits per heavy atom. The number of rotatable bonds is 27. The molecule has 12 heteroatoms. The van der Waals surface area contributed by atoms with Gasteiger partial charge in [-0.05, 0) is 30.5 Å². The van der Waals surface area contributed by atoms with Crippen molar-refractivity contribution in [2.75, 3.05) is 0 Å². The van der Waals surface area contributed by atoms with E-state index in [1.54, 1.807) is 0 Å². The molecule has 0 heterocycles. The van der Waals surface area contributed by atoms with Crippen molar-refractivity contribution in [3.63, 3.8) is 0 Å². The molecule has 2 amide bonds. The van der Waals surface area contributed by atoms with Crippen LogP contribution >= 0.6 is 0 Å². The molecular formula is C33H42N2O10. The molecule has 0 saturated carbocycles. The maximum absolute atomic E-state index is 12.3. The van der Waals surface area contributed by atoms with Crippen LogP contribution in [0, 0.1) is 0 Å². The molecule has 12 nitrogen and oxygen atoms in total. The van der Waals surface area contributed by atoms with Gasteiger partial charge in [0.25, 0.3) is 0 Å². The Bertz CT molecular complexity index is 1270. The summed E-state index contributed by atoms with van der Waals surface area (Å²) in [5.41, 5.74) is 11.2. The molecule has 0 radical (unpaired) electrons. The van der Waals surface area contributed by atoms with Gasteiger partial charge in [-0.25, -0.2) is 0 Å². The lowest BCUT2D eigenvalue weighted by atomic mass is 9.94. The molecule has 0 aliphatic heterocycles. The minimum absolute atomic E-state index is 0.00771. The van der Waals surface area contributed by atoms with E-state index < -0.39 is 11.8 Å². The summed E-state index contributed by atoms with van der Waals surface area (Å²) >= 11 is 0. The van der Waals surface area contributed by atoms with E-state index in [-0.39, 0.29) is 153 Å². The highest BCUT2D eigenvalue weighted by Gasteiger charge is 2.18. The molecule has 1 aromatic rings. The number of primary amides is 2. The maximum Gasteiger partial charge on any atom is 0.249 e. The summed E-state index contributed by atoms with van der Waals surface area (Å²) in [6.45, 7) is 0. The number of Topliss-reactive ketones (excluding diaryl/α,β-unsaturated/α-hetero) is 7. The van der Waals surface area contributed by atoms with Gasteiger partial charge in [0.15, 0.2) is 0 Å². The molecular weight excluding hydrogens is 584 g/mol. The second-order valence-electron chi connectivity index (χ2n) is 10.9. The highest BCUT2D eigenvalue weighted by Crippen LogP contribution is 2.18. The van der Waals surface area contributed by atoms with Crippen molar-refractivity contribution in [3.05, 3.63) is 34.9 Å². The van der Waals surface area contributed by atoms with Crippen LogP contribution in [-0.2, 0) is 44.8 Å². The van der Waals surface area contributed by atoms with Gasteiger partial charge in [0.2, 0.25) is 11.8 Å². The van der Waals surface area contributed by atoms with Crippen LogP contribution < -0.4 is 11.5 Å². The number of hydrogen-bond acceptors (Lipinski definition) is 10. The van der Waals surface area contributed by atoms with Gasteiger partial charge in [-0.3, -0.25) is 43.2 Å². The zero-order chi connectivity index (χ0) is 33.8. The Balaban J connectivity index is 2.24. The lowest BCUT2D eigenvalue weighted by Gasteiger charge is -2.10. The topological polar surface area (TPSA) is 223 Å². The molecule has 0 aromatic heterocycles. The average Bonchev–Trinajstić information content (AvgIpc) is 3.01. The van der Waals surface area contributed by atoms with Crippen LogP contribution in [0.4, 0.5) is 0 Å². The van der Waals surface area contributed by atoms with E-state index in [0.717, 1.165) is 6.29 Å². The van der Waals surface area contributed by atoms with Crippen molar-refractivity contribution in [1.29, 1.82) is 0 Å². The van der Waals surface area contributed by atoms with Gasteiger partial charge in [0.05, 0.1) is 0 Å². The normalized spacial score (nSPS) is 10.6. The van der Waals surface area contributed by atoms with Crippen LogP contribution in [0.1, 0.15) is 129 Å². The third kappa shape index (κ3) is 16.8. The van der Waals surface area contributed by atoms with Crippen LogP contribution in [0.15, 0.2) is 18.2 Å². The quantitative estimate of drug-likeness (QED) is 0.107. The summed E-state index contributed by atoms with van der Waals surface area (Å²) in [6.07, 6.45) is 1.30. The van der Waals surface area contributed by atoms with Crippen molar-refractivity contribution in [3.8, 4) is 0 Å². The van der Waals surface area contributed by atoms with E-state index in [9.17, 15) is 47.9 Å². The summed E-state index contributed by atoms with van der Waals surface area (Å²) in [6, 6.07) is 4.33. The number of hydrogen-bond donors (Lipinski definition) is 2. The van der Waals surface area contributed by atoms with Crippen molar-refractivity contribution in [2.24, 2.45) is 11.5 Å². The molecule has 0 unspecified atom stereocenters. The Hall–Kier alpha value is -4.48. The van der Waals surface area contributed by atoms with E-state index in [1.165, 1.54) is 18.2 Å². The first-order valence-corrected chi connectivity index (χ1v) is 15.1. The van der Waals surface area contributed by atoms with Gasteiger partial charge in [-0.15, -0.1) is 0 Å². The molecule has 0 spiro atoms. The molecule has 0 aliphatic carbocycles. The first kappa shape index (κ1) is 38.5. The minimum atomic E-state index is -0.758. The fraction of sp³-hybridized carbons (Fsp3) is 0.515. The predicted molar refractivity (Wildman–Crippen MR) is 162 cm³/mol. The van der Waals surface area contributed by atoms with Gasteiger partial charge >= 0.3 is 0 Å². The fourth-order valence-corrected chi connectivity index (χ4v) is 4.51. The lowest BCUT2D eigenvalue weighted by Crippen LogP contribution is -2.20. The lowest BCUT2D eigenvalue weighted by molar-refractivity contribution is -0.128. The Morgan fingerprint density at radius 1 is 0.467 bits per heavy atom. The molecule has 0 saturated heterocycles. The van der Waals surface area contributed by atoms with Crippen LogP contribution in [0.3, 0.4) is 0 Å². The zero-order valence-corrected chi connectivity index (χ0v) is 25.6. The SMILES string of the molecule is NC(=O)c1cccc(C(N)=O)c1CCC(=O)CCC(=O)CCC(=O)CCC(=O)CCC(=O)CCC(=O)CCC(=O)CCCC=O. The zero-order valence-electron chi connectivity index (χ0n) is 25.6. The Morgan fingerprint density at radius 2 is 0.756 bits per heavy atom. The number of benzene rings is 1. The number of unbranched alkanes of at least 4 members (excludes halogenated alkanes) is 1. The molecule has 0 bridgehead atoms. The Labute approximate surface area is 262 Å². The minimum Gasteiger partial charge on any atom is -0.366 e. The van der Waals surface area contributed by atoms with Crippen molar-refractivity contribution in [1.82, 2.24) is 0 Å². The number of carbonyl (C=O) groups is 10. The van der Waals surface area contributed by atoms with Gasteiger partial charge in [-0.1, -0.05) is 6.07 Å². The van der Waals surface area contributed by atoms with Gasteiger partial charge in [-0.2, -0.15) is 0 Å². The number of aldehydes is 1. The van der Waals surface area contributed by atoms with E-state index in [4.69, 9.17) is 11.5 Å². The largest absolute Gasteiger partial charge is 0.366 e. The van der Waals surface area contributed by atoms with Gasteiger partial charge in [0.1, 0.15) is 46.8 Å². The summed E-state index contributed by atoms with van der Waals surface area (Å²) in [5.74, 6) is -3.22. The molecule has 4 N–H and O–H groups in total. The first-order valence-electron chi connectivity index (χ1n) is 15.1. The van der Waals surface area contributed by atoms with Gasteiger partial charge in [0, 0.05) is 107 Å². The molecule has 0 atom stereocenters. The molecule has 1 aromatic carbocycles. The van der Waals surface area contributed by atoms with Crippen molar-refractivity contribution < 1.29 is 47.9 Å². The maximum atomic E-state index is 12.3. The third-order valence-corrected chi connectivity index (χ3v) is 7.23. The predicted octanol–water partition coefficient (Wildman–Crippen LogP) is 2.85. The molecule has 0 aliphatic rings. The van der Waals surface area contributed by atoms with Crippen LogP contribution in [0.2, 0.25) is 0 Å². The standard InChI is InChI=1S/C33H42N2O10/c34-32(44)30-5-3-6-31(33(35)45)29(30)20-19-28(43)18-17-27(42)16-15-26(41)14-13-25(40)12-11-24(39)10-9-23(38)8-7-22(37)4-1-2-21-36/h3,5-6,21H,1-2,4,7-20H2,(H2,34,44)(H2,35,45). The molecule has 0 fully saturated rings. The highest BCUT2D eigenvalue weighted by atomic mass is 16.2. The van der Waals surface area contributed by atoms with Gasteiger partial charge < -0.3 is 16.3 Å². The molecule has 1 rings (SSSR count). The molecule has 45 heavy (non-hydrogen) atoms. The second kappa shape index (κ2) is 21.3. The monoisotopic (exact) mass is 626 g/mol. The van der Waals surface area contributed by atoms with Crippen LogP contribution in [0.5, 0.6) is 0 Å². The van der Waals surface area contributed by atoms with E-state index in [0.29, 0.717) is 12.8 Å². The average molecular weight is 627 g/mol. The first-order chi connectivity index (χ1) is 21.3. The summed E-state index contributed by atoms with van der Waals surface area (Å²) in [5, 5.41) is 0.